The molecule has 0 aliphatic heterocycles. The molecule has 98 valence electrons. The smallest absolute Gasteiger partial charge is 0.305 e. The van der Waals surface area contributed by atoms with E-state index in [1.807, 2.05) is 50.0 Å². The monoisotopic (exact) mass is 303 g/mol. The number of aliphatic carboxylic acids is 1. The lowest BCUT2D eigenvalue weighted by Gasteiger charge is -2.13. The van der Waals surface area contributed by atoms with Crippen LogP contribution in [0.15, 0.2) is 30.3 Å². The molecule has 0 aromatic heterocycles. The maximum atomic E-state index is 10.5. The molecule has 1 unspecified atom stereocenters. The van der Waals surface area contributed by atoms with Crippen LogP contribution in [0.25, 0.3) is 0 Å². The number of rotatable bonds is 4. The molecule has 0 heterocycles. The molecule has 0 radical (unpaired) electrons. The summed E-state index contributed by atoms with van der Waals surface area (Å²) < 4.78 is 0. The molecular formula is C13H22BrNO2. The number of benzene rings is 1. The molecule has 0 saturated carbocycles. The summed E-state index contributed by atoms with van der Waals surface area (Å²) in [5.74, 6) is 1.02. The van der Waals surface area contributed by atoms with Crippen LogP contribution < -0.4 is 5.32 Å². The molecular weight excluding hydrogens is 282 g/mol. The molecule has 17 heavy (non-hydrogen) atoms. The lowest BCUT2D eigenvalue weighted by Crippen LogP contribution is -2.19. The van der Waals surface area contributed by atoms with Crippen LogP contribution in [0.2, 0.25) is 0 Å². The highest BCUT2D eigenvalue weighted by Gasteiger charge is 2.11. The number of carboxylic acid groups (broad SMARTS) is 1. The van der Waals surface area contributed by atoms with E-state index in [0.29, 0.717) is 0 Å². The van der Waals surface area contributed by atoms with Gasteiger partial charge in [-0.05, 0) is 18.4 Å². The highest BCUT2D eigenvalue weighted by Crippen LogP contribution is 2.15. The molecule has 4 heteroatoms. The minimum absolute atomic E-state index is 0.0984. The maximum absolute atomic E-state index is 10.5. The Bertz CT molecular complexity index is 278. The third kappa shape index (κ3) is 8.89. The van der Waals surface area contributed by atoms with E-state index in [1.54, 1.807) is 7.05 Å². The summed E-state index contributed by atoms with van der Waals surface area (Å²) in [6.45, 7) is 4.00. The van der Waals surface area contributed by atoms with Crippen molar-refractivity contribution in [2.45, 2.75) is 26.3 Å². The first kappa shape index (κ1) is 18.5. The van der Waals surface area contributed by atoms with Crippen molar-refractivity contribution >= 4 is 21.9 Å². The van der Waals surface area contributed by atoms with E-state index in [9.17, 15) is 4.79 Å². The van der Waals surface area contributed by atoms with Gasteiger partial charge >= 0.3 is 5.97 Å². The van der Waals surface area contributed by atoms with Crippen molar-refractivity contribution in [1.82, 2.24) is 5.32 Å². The van der Waals surface area contributed by atoms with Crippen LogP contribution in [0.5, 0.6) is 0 Å². The van der Waals surface area contributed by atoms with Gasteiger partial charge in [-0.2, -0.15) is 0 Å². The fraction of sp³-hybridized carbons (Fsp3) is 0.462. The second-order valence-corrected chi connectivity index (χ2v) is 2.85. The van der Waals surface area contributed by atoms with E-state index in [0.717, 1.165) is 5.56 Å². The van der Waals surface area contributed by atoms with Gasteiger partial charge in [-0.25, -0.2) is 0 Å². The third-order valence-corrected chi connectivity index (χ3v) is 1.93. The van der Waals surface area contributed by atoms with Gasteiger partial charge in [0.2, 0.25) is 0 Å². The van der Waals surface area contributed by atoms with E-state index < -0.39 is 5.97 Å². The molecule has 0 fully saturated rings. The molecule has 1 aromatic rings. The lowest BCUT2D eigenvalue weighted by molar-refractivity contribution is -0.137. The maximum Gasteiger partial charge on any atom is 0.305 e. The van der Waals surface area contributed by atoms with E-state index in [1.165, 1.54) is 0 Å². The van der Waals surface area contributed by atoms with Gasteiger partial charge in [-0.1, -0.05) is 60.1 Å². The van der Waals surface area contributed by atoms with Crippen molar-refractivity contribution in [1.29, 1.82) is 0 Å². The van der Waals surface area contributed by atoms with Crippen LogP contribution >= 0.6 is 15.9 Å². The fourth-order valence-corrected chi connectivity index (χ4v) is 1.25. The number of carboxylic acids is 1. The molecule has 0 amide bonds. The van der Waals surface area contributed by atoms with Crippen molar-refractivity contribution in [3.63, 3.8) is 0 Å². The van der Waals surface area contributed by atoms with Gasteiger partial charge in [0.25, 0.3) is 0 Å². The number of carbonyl (C=O) groups is 1. The zero-order valence-electron chi connectivity index (χ0n) is 10.9. The average Bonchev–Trinajstić information content (AvgIpc) is 2.41. The van der Waals surface area contributed by atoms with Gasteiger partial charge in [0.15, 0.2) is 0 Å². The number of halogens is 1. The summed E-state index contributed by atoms with van der Waals surface area (Å²) in [6, 6.07) is 9.47. The van der Waals surface area contributed by atoms with Crippen molar-refractivity contribution in [3.8, 4) is 0 Å². The molecule has 0 bridgehead atoms. The zero-order chi connectivity index (χ0) is 13.7. The molecule has 1 rings (SSSR count). The van der Waals surface area contributed by atoms with Crippen molar-refractivity contribution in [3.05, 3.63) is 35.9 Å². The van der Waals surface area contributed by atoms with Crippen molar-refractivity contribution in [2.75, 3.05) is 12.9 Å². The van der Waals surface area contributed by atoms with Crippen LogP contribution in [0.1, 0.15) is 31.9 Å². The third-order valence-electron chi connectivity index (χ3n) is 1.93. The normalized spacial score (nSPS) is 10.2. The molecule has 0 aliphatic carbocycles. The number of nitrogens with one attached hydrogen (secondary N) is 1. The average molecular weight is 304 g/mol. The number of alkyl halides is 1. The summed E-state index contributed by atoms with van der Waals surface area (Å²) in [6.07, 6.45) is 0.112. The Labute approximate surface area is 112 Å². The SMILES string of the molecule is CBr.CC.CNC(CC(=O)O)c1ccccc1. The summed E-state index contributed by atoms with van der Waals surface area (Å²) in [7, 11) is 1.76. The van der Waals surface area contributed by atoms with Crippen molar-refractivity contribution in [2.24, 2.45) is 0 Å². The van der Waals surface area contributed by atoms with E-state index >= 15 is 0 Å². The second-order valence-electron chi connectivity index (χ2n) is 2.85. The molecule has 0 spiro atoms. The minimum Gasteiger partial charge on any atom is -0.481 e. The van der Waals surface area contributed by atoms with E-state index in [2.05, 4.69) is 21.2 Å². The Morgan fingerprint density at radius 2 is 1.76 bits per heavy atom. The zero-order valence-corrected chi connectivity index (χ0v) is 12.5. The van der Waals surface area contributed by atoms with Gasteiger partial charge in [-0.3, -0.25) is 4.79 Å². The summed E-state index contributed by atoms with van der Waals surface area (Å²) in [4.78, 5) is 10.5. The fourth-order valence-electron chi connectivity index (χ4n) is 1.25. The highest BCUT2D eigenvalue weighted by atomic mass is 79.9. The summed E-state index contributed by atoms with van der Waals surface area (Å²) >= 11 is 2.94. The first-order chi connectivity index (χ1) is 8.24. The van der Waals surface area contributed by atoms with Crippen LogP contribution in [-0.2, 0) is 4.79 Å². The first-order valence-electron chi connectivity index (χ1n) is 5.56. The Kier molecular flexibility index (Phi) is 14.4. The summed E-state index contributed by atoms with van der Waals surface area (Å²) in [5.41, 5.74) is 1.01. The van der Waals surface area contributed by atoms with Crippen LogP contribution in [-0.4, -0.2) is 24.0 Å². The first-order valence-corrected chi connectivity index (χ1v) is 7.14. The summed E-state index contributed by atoms with van der Waals surface area (Å²) in [5, 5.41) is 11.6. The molecule has 2 N–H and O–H groups in total. The van der Waals surface area contributed by atoms with Crippen LogP contribution in [0, 0.1) is 0 Å². The Balaban J connectivity index is 0. The molecule has 0 saturated heterocycles. The van der Waals surface area contributed by atoms with Gasteiger partial charge in [0.05, 0.1) is 6.42 Å². The quantitative estimate of drug-likeness (QED) is 0.838. The number of hydrogen-bond acceptors (Lipinski definition) is 2. The number of hydrogen-bond donors (Lipinski definition) is 2. The molecule has 1 aromatic carbocycles. The largest absolute Gasteiger partial charge is 0.481 e. The topological polar surface area (TPSA) is 49.3 Å². The van der Waals surface area contributed by atoms with Gasteiger partial charge in [0, 0.05) is 6.04 Å². The standard InChI is InChI=1S/C10H13NO2.C2H6.CH3Br/c1-11-9(7-10(12)13)8-5-3-2-4-6-8;2*1-2/h2-6,9,11H,7H2,1H3,(H,12,13);1-2H3;1H3. The Hall–Kier alpha value is -0.870. The van der Waals surface area contributed by atoms with Gasteiger partial charge in [0.1, 0.15) is 0 Å². The minimum atomic E-state index is -0.789. The highest BCUT2D eigenvalue weighted by molar-refractivity contribution is 9.08. The molecule has 0 aliphatic rings. The van der Waals surface area contributed by atoms with Crippen LogP contribution in [0.4, 0.5) is 0 Å². The van der Waals surface area contributed by atoms with Crippen LogP contribution in [0.3, 0.4) is 0 Å². The van der Waals surface area contributed by atoms with E-state index in [-0.39, 0.29) is 12.5 Å². The Morgan fingerprint density at radius 1 is 1.29 bits per heavy atom. The molecule has 1 atom stereocenters. The van der Waals surface area contributed by atoms with Crippen molar-refractivity contribution < 1.29 is 9.90 Å². The van der Waals surface area contributed by atoms with Gasteiger partial charge in [-0.15, -0.1) is 0 Å². The van der Waals surface area contributed by atoms with E-state index in [4.69, 9.17) is 5.11 Å². The second kappa shape index (κ2) is 13.2. The molecule has 3 nitrogen and oxygen atoms in total. The predicted molar refractivity (Wildman–Crippen MR) is 76.7 cm³/mol. The lowest BCUT2D eigenvalue weighted by atomic mass is 10.0. The Morgan fingerprint density at radius 3 is 2.12 bits per heavy atom. The predicted octanol–water partition coefficient (Wildman–Crippen LogP) is 3.46. The van der Waals surface area contributed by atoms with Gasteiger partial charge < -0.3 is 10.4 Å².